The van der Waals surface area contributed by atoms with Crippen molar-refractivity contribution in [1.82, 2.24) is 0 Å². The maximum Gasteiger partial charge on any atom is 0.136 e. The summed E-state index contributed by atoms with van der Waals surface area (Å²) in [6, 6.07) is 43.0. The highest BCUT2D eigenvalue weighted by molar-refractivity contribution is 6.13. The van der Waals surface area contributed by atoms with E-state index in [0.717, 1.165) is 43.0 Å². The van der Waals surface area contributed by atoms with Crippen LogP contribution in [-0.2, 0) is 0 Å². The van der Waals surface area contributed by atoms with Crippen LogP contribution in [0.2, 0.25) is 0 Å². The number of nitrogens with zero attached hydrogens (tertiary/aromatic N) is 1. The van der Waals surface area contributed by atoms with Gasteiger partial charge in [-0.1, -0.05) is 188 Å². The maximum absolute atomic E-state index is 9.76. The van der Waals surface area contributed by atoms with E-state index >= 15 is 0 Å². The van der Waals surface area contributed by atoms with Gasteiger partial charge in [0.2, 0.25) is 0 Å². The Morgan fingerprint density at radius 3 is 1.47 bits per heavy atom. The second-order valence-corrected chi connectivity index (χ2v) is 15.1. The van der Waals surface area contributed by atoms with Gasteiger partial charge < -0.3 is 9.32 Å². The van der Waals surface area contributed by atoms with Gasteiger partial charge in [-0.3, -0.25) is 0 Å². The summed E-state index contributed by atoms with van der Waals surface area (Å²) in [6.45, 7) is 0. The van der Waals surface area contributed by atoms with Crippen LogP contribution in [0, 0.1) is 0 Å². The molecule has 0 atom stereocenters. The van der Waals surface area contributed by atoms with Crippen LogP contribution in [0.5, 0.6) is 0 Å². The number of benzene rings is 11. The first kappa shape index (κ1) is 25.4. The Kier molecular flexibility index (Phi) is 6.08. The summed E-state index contributed by atoms with van der Waals surface area (Å²) < 4.78 is 122. The third kappa shape index (κ3) is 6.12. The monoisotopic (exact) mass is 801 g/mol. The molecule has 62 heavy (non-hydrogen) atoms. The summed E-state index contributed by atoms with van der Waals surface area (Å²) in [4.78, 5) is 0.855. The molecule has 0 aliphatic heterocycles. The van der Waals surface area contributed by atoms with Gasteiger partial charge in [-0.15, -0.1) is 0 Å². The number of hydrogen-bond acceptors (Lipinski definition) is 2. The van der Waals surface area contributed by atoms with E-state index in [4.69, 9.17) is 4.42 Å². The molecule has 0 aliphatic carbocycles. The number of furan rings is 1. The lowest BCUT2D eigenvalue weighted by Gasteiger charge is -2.26. The van der Waals surface area contributed by atoms with Crippen LogP contribution >= 0.6 is 0 Å². The van der Waals surface area contributed by atoms with Gasteiger partial charge in [-0.2, -0.15) is 0 Å². The van der Waals surface area contributed by atoms with Crippen molar-refractivity contribution in [2.45, 2.75) is 0 Å². The van der Waals surface area contributed by atoms with Crippen LogP contribution in [0.3, 0.4) is 0 Å². The Balaban J connectivity index is 1.10. The Hall–Kier alpha value is -8.20. The zero-order chi connectivity index (χ0) is 51.4. The standard InChI is InChI=1S/C60H39NO/c1-3-13-50-42(10-1)12-7-16-51(50)44-24-22-40(23-25-44)41-26-33-47(34-27-41)61(49-37-30-46(31-38-49)54-18-9-21-59-60(54)57-15-5-6-20-58(57)62-59)48-35-28-45(29-36-48)53-17-8-19-55-52-14-4-2-11-43(52)32-39-56(53)55/h1-39H/i26D,27D,28D,29D,30D,31D,33D,34D,35D,36D,37D,38D. The Morgan fingerprint density at radius 2 is 0.758 bits per heavy atom. The van der Waals surface area contributed by atoms with Crippen molar-refractivity contribution in [2.24, 2.45) is 0 Å². The summed E-state index contributed by atoms with van der Waals surface area (Å²) in [7, 11) is 0. The molecule has 0 saturated carbocycles. The van der Waals surface area contributed by atoms with Gasteiger partial charge in [-0.05, 0) is 125 Å². The van der Waals surface area contributed by atoms with E-state index in [1.54, 1.807) is 48.5 Å². The zero-order valence-corrected chi connectivity index (χ0v) is 32.9. The highest BCUT2D eigenvalue weighted by atomic mass is 16.3. The number of hydrogen-bond donors (Lipinski definition) is 0. The van der Waals surface area contributed by atoms with Crippen LogP contribution in [0.1, 0.15) is 16.4 Å². The van der Waals surface area contributed by atoms with Crippen molar-refractivity contribution in [3.8, 4) is 44.5 Å². The molecule has 2 heteroatoms. The van der Waals surface area contributed by atoms with E-state index in [1.807, 2.05) is 115 Å². The third-order valence-corrected chi connectivity index (χ3v) is 11.5. The van der Waals surface area contributed by atoms with E-state index in [9.17, 15) is 16.4 Å². The number of fused-ring (bicyclic) bond motifs is 7. The van der Waals surface area contributed by atoms with Crippen molar-refractivity contribution in [3.63, 3.8) is 0 Å². The van der Waals surface area contributed by atoms with Crippen LogP contribution in [-0.4, -0.2) is 0 Å². The molecule has 1 heterocycles. The molecule has 0 amide bonds. The van der Waals surface area contributed by atoms with Crippen molar-refractivity contribution in [1.29, 1.82) is 0 Å². The molecule has 0 unspecified atom stereocenters. The number of anilines is 3. The Bertz CT molecular complexity index is 4270. The van der Waals surface area contributed by atoms with E-state index in [0.29, 0.717) is 44.0 Å². The predicted molar refractivity (Wildman–Crippen MR) is 263 cm³/mol. The van der Waals surface area contributed by atoms with Crippen molar-refractivity contribution >= 4 is 71.3 Å². The summed E-state index contributed by atoms with van der Waals surface area (Å²) >= 11 is 0. The number of para-hydroxylation sites is 1. The molecule has 12 rings (SSSR count). The second-order valence-electron chi connectivity index (χ2n) is 15.1. The molecular weight excluding hydrogens is 751 g/mol. The van der Waals surface area contributed by atoms with Crippen LogP contribution in [0.15, 0.2) is 241 Å². The molecule has 0 N–H and O–H groups in total. The van der Waals surface area contributed by atoms with Crippen molar-refractivity contribution in [2.75, 3.05) is 4.90 Å². The third-order valence-electron chi connectivity index (χ3n) is 11.5. The summed E-state index contributed by atoms with van der Waals surface area (Å²) in [5, 5.41) is 6.66. The molecule has 12 aromatic rings. The minimum absolute atomic E-state index is 0.0539. The summed E-state index contributed by atoms with van der Waals surface area (Å²) in [5.41, 5.74) is 1.88. The maximum atomic E-state index is 9.76. The van der Waals surface area contributed by atoms with Gasteiger partial charge in [0, 0.05) is 27.8 Å². The highest BCUT2D eigenvalue weighted by Gasteiger charge is 2.17. The Morgan fingerprint density at radius 1 is 0.290 bits per heavy atom. The molecular formula is C60H39NO. The topological polar surface area (TPSA) is 16.4 Å². The molecule has 1 aromatic heterocycles. The van der Waals surface area contributed by atoms with Gasteiger partial charge in [0.25, 0.3) is 0 Å². The van der Waals surface area contributed by atoms with Gasteiger partial charge in [0.05, 0.1) is 16.4 Å². The van der Waals surface area contributed by atoms with Crippen molar-refractivity contribution in [3.05, 3.63) is 236 Å². The minimum Gasteiger partial charge on any atom is -0.456 e. The van der Waals surface area contributed by atoms with Crippen LogP contribution in [0.25, 0.3) is 98.8 Å². The highest BCUT2D eigenvalue weighted by Crippen LogP contribution is 2.41. The van der Waals surface area contributed by atoms with E-state index in [-0.39, 0.29) is 16.7 Å². The number of rotatable bonds is 7. The second kappa shape index (κ2) is 14.8. The molecule has 0 radical (unpaired) electrons. The fourth-order valence-corrected chi connectivity index (χ4v) is 8.54. The first-order valence-corrected chi connectivity index (χ1v) is 20.3. The molecule has 2 nitrogen and oxygen atoms in total. The largest absolute Gasteiger partial charge is 0.456 e. The normalized spacial score (nSPS) is 14.3. The molecule has 0 saturated heterocycles. The molecule has 0 spiro atoms. The lowest BCUT2D eigenvalue weighted by molar-refractivity contribution is 0.669. The van der Waals surface area contributed by atoms with Gasteiger partial charge in [0.1, 0.15) is 11.2 Å². The summed E-state index contributed by atoms with van der Waals surface area (Å²) in [5.74, 6) is 0. The molecule has 0 bridgehead atoms. The first-order chi connectivity index (χ1) is 35.8. The lowest BCUT2D eigenvalue weighted by atomic mass is 9.94. The molecule has 0 aliphatic rings. The SMILES string of the molecule is [2H]c1c([2H])c(N(c2c([2H])c([2H])c(-c3cccc4c3ccc3ccccc34)c([2H])c2[2H])c2c([2H])c([2H])c(-c3cccc4oc5ccccc5c34)c([2H])c2[2H])c([2H])c([2H])c1-c1ccc(-c2cccc3ccccc23)cc1. The molecule has 0 fully saturated rings. The van der Waals surface area contributed by atoms with Gasteiger partial charge >= 0.3 is 0 Å². The van der Waals surface area contributed by atoms with Gasteiger partial charge in [-0.25, -0.2) is 0 Å². The zero-order valence-electron chi connectivity index (χ0n) is 44.9. The fraction of sp³-hybridized carbons (Fsp3) is 0. The van der Waals surface area contributed by atoms with Gasteiger partial charge in [0.15, 0.2) is 0 Å². The lowest BCUT2D eigenvalue weighted by Crippen LogP contribution is -2.09. The van der Waals surface area contributed by atoms with E-state index in [1.165, 1.54) is 0 Å². The summed E-state index contributed by atoms with van der Waals surface area (Å²) in [6.07, 6.45) is 0. The minimum atomic E-state index is -0.697. The first-order valence-electron chi connectivity index (χ1n) is 26.3. The average Bonchev–Trinajstić information content (AvgIpc) is 3.81. The van der Waals surface area contributed by atoms with E-state index < -0.39 is 89.6 Å². The Labute approximate surface area is 377 Å². The smallest absolute Gasteiger partial charge is 0.136 e. The average molecular weight is 802 g/mol. The quantitative estimate of drug-likeness (QED) is 0.149. The van der Waals surface area contributed by atoms with Crippen LogP contribution in [0.4, 0.5) is 17.1 Å². The molecule has 11 aromatic carbocycles. The van der Waals surface area contributed by atoms with Crippen LogP contribution < -0.4 is 4.90 Å². The fourth-order valence-electron chi connectivity index (χ4n) is 8.54. The predicted octanol–water partition coefficient (Wildman–Crippen LogP) is 17.2. The molecule has 290 valence electrons. The van der Waals surface area contributed by atoms with Crippen molar-refractivity contribution < 1.29 is 20.9 Å². The van der Waals surface area contributed by atoms with E-state index in [2.05, 4.69) is 0 Å².